The van der Waals surface area contributed by atoms with Crippen LogP contribution in [0.3, 0.4) is 0 Å². The molecule has 0 unspecified atom stereocenters. The first-order valence-corrected chi connectivity index (χ1v) is 10.6. The summed E-state index contributed by atoms with van der Waals surface area (Å²) in [5.74, 6) is 0.378. The Balaban J connectivity index is 1.26. The van der Waals surface area contributed by atoms with Gasteiger partial charge in [-0.25, -0.2) is 0 Å². The molecule has 0 spiro atoms. The summed E-state index contributed by atoms with van der Waals surface area (Å²) in [5, 5.41) is 21.3. The molecular weight excluding hydrogens is 370 g/mol. The van der Waals surface area contributed by atoms with Crippen LogP contribution in [0.4, 0.5) is 0 Å². The van der Waals surface area contributed by atoms with E-state index >= 15 is 0 Å². The van der Waals surface area contributed by atoms with Gasteiger partial charge in [0.25, 0.3) is 5.91 Å². The van der Waals surface area contributed by atoms with Crippen LogP contribution >= 0.6 is 0 Å². The molecule has 8 nitrogen and oxygen atoms in total. The number of aryl methyl sites for hydroxylation is 1. The highest BCUT2D eigenvalue weighted by Crippen LogP contribution is 2.32. The van der Waals surface area contributed by atoms with Gasteiger partial charge >= 0.3 is 0 Å². The van der Waals surface area contributed by atoms with Gasteiger partial charge in [0.1, 0.15) is 6.10 Å². The lowest BCUT2D eigenvalue weighted by molar-refractivity contribution is -0.0912. The Morgan fingerprint density at radius 2 is 2.14 bits per heavy atom. The van der Waals surface area contributed by atoms with Crippen LogP contribution in [-0.4, -0.2) is 55.8 Å². The molecule has 3 atom stereocenters. The molecule has 1 aliphatic heterocycles. The van der Waals surface area contributed by atoms with Crippen molar-refractivity contribution in [3.05, 3.63) is 42.0 Å². The smallest absolute Gasteiger partial charge is 0.253 e. The molecule has 0 bridgehead atoms. The van der Waals surface area contributed by atoms with Gasteiger partial charge in [-0.2, -0.15) is 0 Å². The molecule has 1 amide bonds. The van der Waals surface area contributed by atoms with E-state index in [0.717, 1.165) is 31.5 Å². The van der Waals surface area contributed by atoms with Crippen molar-refractivity contribution in [2.24, 2.45) is 0 Å². The van der Waals surface area contributed by atoms with E-state index in [9.17, 15) is 9.90 Å². The molecule has 2 fully saturated rings. The van der Waals surface area contributed by atoms with Crippen molar-refractivity contribution in [2.45, 2.75) is 75.7 Å². The molecule has 4 rings (SSSR count). The van der Waals surface area contributed by atoms with E-state index in [1.54, 1.807) is 18.3 Å². The van der Waals surface area contributed by atoms with Gasteiger partial charge in [-0.3, -0.25) is 14.5 Å². The summed E-state index contributed by atoms with van der Waals surface area (Å²) >= 11 is 0. The number of rotatable bonds is 7. The monoisotopic (exact) mass is 399 g/mol. The Kier molecular flexibility index (Phi) is 6.51. The predicted molar refractivity (Wildman–Crippen MR) is 106 cm³/mol. The molecule has 0 aromatic carbocycles. The van der Waals surface area contributed by atoms with Crippen molar-refractivity contribution in [3.8, 4) is 0 Å². The second-order valence-corrected chi connectivity index (χ2v) is 8.05. The number of ether oxygens (including phenoxy) is 1. The van der Waals surface area contributed by atoms with Crippen molar-refractivity contribution < 1.29 is 14.6 Å². The highest BCUT2D eigenvalue weighted by molar-refractivity contribution is 5.94. The van der Waals surface area contributed by atoms with Crippen molar-refractivity contribution in [1.82, 2.24) is 25.3 Å². The van der Waals surface area contributed by atoms with Gasteiger partial charge in [-0.15, -0.1) is 5.10 Å². The molecule has 2 aromatic heterocycles. The maximum atomic E-state index is 12.4. The molecule has 0 radical (unpaired) electrons. The fourth-order valence-electron chi connectivity index (χ4n) is 4.37. The highest BCUT2D eigenvalue weighted by Gasteiger charge is 2.32. The van der Waals surface area contributed by atoms with E-state index < -0.39 is 6.10 Å². The standard InChI is InChI=1S/C21H29N5O3/c27-14-20-18(23-21(28)16-6-3-10-22-12-16)8-7-17(29-20)9-11-26-13-19(24-25-26)15-4-1-2-5-15/h3,6,10,12-13,15,17-18,20,27H,1-2,4-5,7-9,11,14H2,(H,23,28)/t17-,18+,20-/m1/s1. The summed E-state index contributed by atoms with van der Waals surface area (Å²) in [7, 11) is 0. The van der Waals surface area contributed by atoms with Crippen LogP contribution in [-0.2, 0) is 11.3 Å². The number of aromatic nitrogens is 4. The van der Waals surface area contributed by atoms with Crippen LogP contribution in [0, 0.1) is 0 Å². The first-order chi connectivity index (χ1) is 14.2. The molecule has 156 valence electrons. The number of nitrogens with one attached hydrogen (secondary N) is 1. The van der Waals surface area contributed by atoms with E-state index in [1.807, 2.05) is 4.68 Å². The second kappa shape index (κ2) is 9.45. The quantitative estimate of drug-likeness (QED) is 0.739. The normalized spacial score (nSPS) is 25.2. The number of pyridine rings is 1. The van der Waals surface area contributed by atoms with E-state index in [2.05, 4.69) is 26.8 Å². The Labute approximate surface area is 170 Å². The number of aliphatic hydroxyl groups excluding tert-OH is 1. The molecule has 3 heterocycles. The third-order valence-electron chi connectivity index (χ3n) is 6.05. The summed E-state index contributed by atoms with van der Waals surface area (Å²) in [6.45, 7) is 0.624. The maximum Gasteiger partial charge on any atom is 0.253 e. The Morgan fingerprint density at radius 1 is 1.28 bits per heavy atom. The minimum absolute atomic E-state index is 0.0397. The molecule has 2 aliphatic rings. The SMILES string of the molecule is O=C(N[C@H]1CC[C@H](CCn2cc(C3CCCC3)nn2)O[C@@H]1CO)c1cccnc1. The lowest BCUT2D eigenvalue weighted by Gasteiger charge is -2.36. The topological polar surface area (TPSA) is 102 Å². The van der Waals surface area contributed by atoms with E-state index in [-0.39, 0.29) is 24.7 Å². The Hall–Kier alpha value is -2.32. The first kappa shape index (κ1) is 20.0. The van der Waals surface area contributed by atoms with Crippen LogP contribution in [0.2, 0.25) is 0 Å². The van der Waals surface area contributed by atoms with Crippen molar-refractivity contribution >= 4 is 5.91 Å². The van der Waals surface area contributed by atoms with Crippen molar-refractivity contribution in [1.29, 1.82) is 0 Å². The number of hydrogen-bond acceptors (Lipinski definition) is 6. The Morgan fingerprint density at radius 3 is 2.90 bits per heavy atom. The lowest BCUT2D eigenvalue weighted by Crippen LogP contribution is -2.51. The number of amides is 1. The average molecular weight is 399 g/mol. The minimum Gasteiger partial charge on any atom is -0.394 e. The minimum atomic E-state index is -0.404. The summed E-state index contributed by atoms with van der Waals surface area (Å²) in [6.07, 6.45) is 12.3. The van der Waals surface area contributed by atoms with Crippen molar-refractivity contribution in [2.75, 3.05) is 6.61 Å². The Bertz CT molecular complexity index is 791. The van der Waals surface area contributed by atoms with Crippen LogP contribution in [0.5, 0.6) is 0 Å². The summed E-state index contributed by atoms with van der Waals surface area (Å²) in [4.78, 5) is 16.3. The van der Waals surface area contributed by atoms with E-state index in [1.165, 1.54) is 31.9 Å². The molecule has 1 aliphatic carbocycles. The van der Waals surface area contributed by atoms with Crippen molar-refractivity contribution in [3.63, 3.8) is 0 Å². The number of carbonyl (C=O) groups excluding carboxylic acids is 1. The molecule has 2 N–H and O–H groups in total. The third kappa shape index (κ3) is 5.00. The predicted octanol–water partition coefficient (Wildman–Crippen LogP) is 2.06. The third-order valence-corrected chi connectivity index (χ3v) is 6.05. The zero-order chi connectivity index (χ0) is 20.1. The van der Waals surface area contributed by atoms with Gasteiger partial charge in [-0.1, -0.05) is 18.1 Å². The van der Waals surface area contributed by atoms with E-state index in [0.29, 0.717) is 11.5 Å². The zero-order valence-corrected chi connectivity index (χ0v) is 16.6. The van der Waals surface area contributed by atoms with Crippen LogP contribution in [0.25, 0.3) is 0 Å². The molecule has 1 saturated heterocycles. The highest BCUT2D eigenvalue weighted by atomic mass is 16.5. The van der Waals surface area contributed by atoms with Crippen LogP contribution in [0.1, 0.15) is 66.9 Å². The number of aliphatic hydroxyl groups is 1. The van der Waals surface area contributed by atoms with Crippen LogP contribution in [0.15, 0.2) is 30.7 Å². The number of hydrogen-bond donors (Lipinski definition) is 2. The fraction of sp³-hybridized carbons (Fsp3) is 0.619. The maximum absolute atomic E-state index is 12.4. The fourth-order valence-corrected chi connectivity index (χ4v) is 4.37. The number of carbonyl (C=O) groups is 1. The largest absolute Gasteiger partial charge is 0.394 e. The van der Waals surface area contributed by atoms with Gasteiger partial charge in [0.05, 0.1) is 30.0 Å². The van der Waals surface area contributed by atoms with Gasteiger partial charge in [-0.05, 0) is 44.2 Å². The van der Waals surface area contributed by atoms with E-state index in [4.69, 9.17) is 4.74 Å². The molecule has 2 aromatic rings. The average Bonchev–Trinajstić information content (AvgIpc) is 3.45. The molecule has 29 heavy (non-hydrogen) atoms. The molecule has 8 heteroatoms. The van der Waals surface area contributed by atoms with Gasteiger partial charge in [0.2, 0.25) is 0 Å². The van der Waals surface area contributed by atoms with Gasteiger partial charge < -0.3 is 15.2 Å². The lowest BCUT2D eigenvalue weighted by atomic mass is 9.97. The second-order valence-electron chi connectivity index (χ2n) is 8.05. The summed E-state index contributed by atoms with van der Waals surface area (Å²) < 4.78 is 7.98. The summed E-state index contributed by atoms with van der Waals surface area (Å²) in [6, 6.07) is 3.25. The first-order valence-electron chi connectivity index (χ1n) is 10.6. The van der Waals surface area contributed by atoms with Gasteiger partial charge in [0, 0.05) is 31.1 Å². The molecule has 1 saturated carbocycles. The zero-order valence-electron chi connectivity index (χ0n) is 16.6. The molecular formula is C21H29N5O3. The number of nitrogens with zero attached hydrogens (tertiary/aromatic N) is 4. The van der Waals surface area contributed by atoms with Gasteiger partial charge in [0.15, 0.2) is 0 Å². The summed E-state index contributed by atoms with van der Waals surface area (Å²) in [5.41, 5.74) is 1.62. The van der Waals surface area contributed by atoms with Crippen LogP contribution < -0.4 is 5.32 Å².